The minimum Gasteiger partial charge on any atom is -0.457 e. The van der Waals surface area contributed by atoms with Crippen LogP contribution < -0.4 is 78.4 Å². The van der Waals surface area contributed by atoms with E-state index in [1.165, 1.54) is 49.4 Å². The van der Waals surface area contributed by atoms with Crippen LogP contribution in [0.1, 0.15) is 15.9 Å². The van der Waals surface area contributed by atoms with Crippen molar-refractivity contribution in [1.29, 1.82) is 0 Å². The predicted molar refractivity (Wildman–Crippen MR) is 349 cm³/mol. The number of hydrogen-bond acceptors (Lipinski definition) is 8. The Kier molecular flexibility index (Phi) is 9.65. The van der Waals surface area contributed by atoms with Gasteiger partial charge in [-0.2, -0.15) is 0 Å². The van der Waals surface area contributed by atoms with Gasteiger partial charge in [-0.15, -0.1) is 0 Å². The third-order valence-corrected chi connectivity index (χ3v) is 18.6. The molecule has 0 radical (unpaired) electrons. The van der Waals surface area contributed by atoms with Crippen LogP contribution in [0.15, 0.2) is 267 Å². The van der Waals surface area contributed by atoms with Crippen LogP contribution in [0.3, 0.4) is 0 Å². The van der Waals surface area contributed by atoms with Gasteiger partial charge in [0.15, 0.2) is 11.5 Å². The summed E-state index contributed by atoms with van der Waals surface area (Å²) in [6, 6.07) is 95.8. The summed E-state index contributed by atoms with van der Waals surface area (Å²) >= 11 is 0. The van der Waals surface area contributed by atoms with Gasteiger partial charge >= 0.3 is 5.97 Å². The first-order valence-corrected chi connectivity index (χ1v) is 29.2. The number of para-hydroxylation sites is 8. The molecule has 19 rings (SSSR count). The lowest BCUT2D eigenvalue weighted by Crippen LogP contribution is -2.69. The quantitative estimate of drug-likeness (QED) is 0.116. The van der Waals surface area contributed by atoms with Crippen LogP contribution in [0.2, 0.25) is 0 Å². The fraction of sp³-hybridized carbons (Fsp3) is 0.0135. The molecule has 7 heterocycles. The average molecular weight is 1090 g/mol. The fourth-order valence-corrected chi connectivity index (χ4v) is 15.4. The number of fused-ring (bicyclic) bond motifs is 10. The van der Waals surface area contributed by atoms with E-state index in [9.17, 15) is 4.79 Å². The fourth-order valence-electron chi connectivity index (χ4n) is 15.4. The van der Waals surface area contributed by atoms with E-state index < -0.39 is 0 Å². The lowest BCUT2D eigenvalue weighted by Gasteiger charge is -2.52. The van der Waals surface area contributed by atoms with Crippen molar-refractivity contribution < 1.29 is 14.3 Å². The van der Waals surface area contributed by atoms with Gasteiger partial charge in [-0.25, -0.2) is 4.79 Å². The van der Waals surface area contributed by atoms with Crippen molar-refractivity contribution in [2.75, 3.05) is 24.5 Å². The summed E-state index contributed by atoms with van der Waals surface area (Å²) in [5, 5.41) is 0. The molecule has 0 spiro atoms. The molecule has 0 aromatic heterocycles. The second-order valence-corrected chi connectivity index (χ2v) is 23.0. The first kappa shape index (κ1) is 46.7. The second-order valence-electron chi connectivity index (χ2n) is 23.0. The van der Waals surface area contributed by atoms with E-state index in [1.807, 2.05) is 30.3 Å². The molecule has 394 valence electrons. The van der Waals surface area contributed by atoms with Crippen molar-refractivity contribution in [2.24, 2.45) is 0 Å². The van der Waals surface area contributed by atoms with Gasteiger partial charge in [0.2, 0.25) is 0 Å². The minimum absolute atomic E-state index is 0.0787. The highest BCUT2D eigenvalue weighted by molar-refractivity contribution is 7.06. The van der Waals surface area contributed by atoms with Gasteiger partial charge in [-0.1, -0.05) is 170 Å². The van der Waals surface area contributed by atoms with Gasteiger partial charge in [-0.3, -0.25) is 0 Å². The highest BCUT2D eigenvalue weighted by Crippen LogP contribution is 2.56. The number of esters is 1. The topological polar surface area (TPSA) is 51.7 Å². The summed E-state index contributed by atoms with van der Waals surface area (Å²) in [7, 11) is 0. The lowest BCUT2D eigenvalue weighted by molar-refractivity contribution is 0.0472. The van der Waals surface area contributed by atoms with Crippen molar-refractivity contribution in [3.63, 3.8) is 0 Å². The Morgan fingerprint density at radius 1 is 0.318 bits per heavy atom. The number of rotatable bonds is 7. The van der Waals surface area contributed by atoms with E-state index in [0.29, 0.717) is 5.56 Å². The van der Waals surface area contributed by atoms with Crippen molar-refractivity contribution in [3.05, 3.63) is 278 Å². The lowest BCUT2D eigenvalue weighted by atomic mass is 9.28. The van der Waals surface area contributed by atoms with E-state index in [2.05, 4.69) is 261 Å². The molecule has 7 aliphatic heterocycles. The highest BCUT2D eigenvalue weighted by Gasteiger charge is 2.55. The third kappa shape index (κ3) is 6.41. The van der Waals surface area contributed by atoms with Crippen LogP contribution in [-0.2, 0) is 11.3 Å². The Hall–Kier alpha value is -10.9. The van der Waals surface area contributed by atoms with Crippen LogP contribution >= 0.6 is 0 Å². The maximum absolute atomic E-state index is 14.9. The van der Waals surface area contributed by atoms with Crippen LogP contribution in [-0.4, -0.2) is 26.1 Å². The van der Waals surface area contributed by atoms with Gasteiger partial charge in [0.25, 0.3) is 20.1 Å². The summed E-state index contributed by atoms with van der Waals surface area (Å²) < 4.78 is 13.4. The Labute approximate surface area is 492 Å². The summed E-state index contributed by atoms with van der Waals surface area (Å²) in [6.45, 7) is -0.386. The van der Waals surface area contributed by atoms with E-state index in [1.54, 1.807) is 0 Å². The van der Waals surface area contributed by atoms with Gasteiger partial charge in [-0.05, 0) is 152 Å². The molecule has 12 aromatic carbocycles. The Morgan fingerprint density at radius 2 is 0.694 bits per heavy atom. The molecule has 0 saturated carbocycles. The largest absolute Gasteiger partial charge is 0.457 e. The predicted octanol–water partition coefficient (Wildman–Crippen LogP) is 11.9. The maximum Gasteiger partial charge on any atom is 0.338 e. The number of anilines is 15. The Bertz CT molecular complexity index is 4840. The maximum atomic E-state index is 14.9. The summed E-state index contributed by atoms with van der Waals surface area (Å²) in [5.41, 5.74) is 28.3. The zero-order valence-electron chi connectivity index (χ0n) is 45.8. The molecule has 0 atom stereocenters. The van der Waals surface area contributed by atoms with Gasteiger partial charge in [0.05, 0.1) is 16.9 Å². The van der Waals surface area contributed by atoms with Gasteiger partial charge in [0.1, 0.15) is 6.61 Å². The Morgan fingerprint density at radius 3 is 1.18 bits per heavy atom. The number of carbonyl (C=O) groups is 1. The molecule has 7 aliphatic rings. The van der Waals surface area contributed by atoms with Crippen LogP contribution in [0.5, 0.6) is 11.5 Å². The number of ether oxygens (including phenoxy) is 2. The summed E-state index contributed by atoms with van der Waals surface area (Å²) in [5.74, 6) is 1.32. The monoisotopic (exact) mass is 1090 g/mol. The summed E-state index contributed by atoms with van der Waals surface area (Å²) in [6.07, 6.45) is 0. The van der Waals surface area contributed by atoms with Gasteiger partial charge in [0, 0.05) is 73.9 Å². The summed E-state index contributed by atoms with van der Waals surface area (Å²) in [4.78, 5) is 27.3. The third-order valence-electron chi connectivity index (χ3n) is 18.6. The van der Waals surface area contributed by atoms with Crippen LogP contribution in [0.4, 0.5) is 85.3 Å². The molecule has 8 nitrogen and oxygen atoms in total. The number of hydrogen-bond donors (Lipinski definition) is 0. The number of benzene rings is 12. The number of nitrogens with zero attached hydrogens (tertiary/aromatic N) is 5. The molecule has 0 bridgehead atoms. The second kappa shape index (κ2) is 17.6. The van der Waals surface area contributed by atoms with Gasteiger partial charge < -0.3 is 34.0 Å². The zero-order valence-corrected chi connectivity index (χ0v) is 45.8. The van der Waals surface area contributed by atoms with E-state index >= 15 is 0 Å². The molecule has 12 aromatic rings. The molecule has 0 unspecified atom stereocenters. The molecule has 0 aliphatic carbocycles. The van der Waals surface area contributed by atoms with Crippen molar-refractivity contribution in [1.82, 2.24) is 0 Å². The van der Waals surface area contributed by atoms with Crippen LogP contribution in [0.25, 0.3) is 0 Å². The average Bonchev–Trinajstić information content (AvgIpc) is 0.682. The normalized spacial score (nSPS) is 14.1. The minimum atomic E-state index is -0.389. The first-order chi connectivity index (χ1) is 42.1. The van der Waals surface area contributed by atoms with Crippen molar-refractivity contribution in [2.45, 2.75) is 6.61 Å². The molecular weight excluding hydrogens is 1040 g/mol. The molecule has 0 saturated heterocycles. The number of carbonyl (C=O) groups excluding carboxylic acids is 1. The molecule has 0 amide bonds. The SMILES string of the molecule is O=C(OCc1ccccc1)c1cc2c3c(c1)N(c1ccccc1)c1cc4c(cc1B3c1ccccc1N2c1ccccc1)B1c2cccc3c2N2c5c(cccc5B5c6ccccc6N(c6ccccc6)c6cc(c1c2c65)N4c1ccccc1)O3. The Balaban J connectivity index is 0.928. The molecular formula is C74H46B3N5O3. The molecule has 85 heavy (non-hydrogen) atoms. The van der Waals surface area contributed by atoms with Crippen molar-refractivity contribution >= 4 is 161 Å². The first-order valence-electron chi connectivity index (χ1n) is 29.2. The van der Waals surface area contributed by atoms with Crippen LogP contribution in [0, 0.1) is 0 Å². The van der Waals surface area contributed by atoms with E-state index in [4.69, 9.17) is 9.47 Å². The molecule has 11 heteroatoms. The van der Waals surface area contributed by atoms with E-state index in [-0.39, 0.29) is 32.7 Å². The smallest absolute Gasteiger partial charge is 0.338 e. The highest BCUT2D eigenvalue weighted by atomic mass is 16.5. The standard InChI is InChI=1S/C74H46B3N5O3/c83-74(84-45-46-22-6-1-7-23-46)47-40-62-68-63(41-47)80(50-28-12-4-13-29-50)60-43-61-57(42-56(60)76(68)53-33-17-19-37-59(53)78(62)48-24-8-2-9-25-48)77-55-35-21-39-67-72(55)82-71-54(34-20-38-66(71)85-67)75-52-32-16-18-36-58(52)79(49-26-10-3-11-27-49)64-44-65(70(77)73(82)69(64)75)81(61)51-30-14-5-15-31-51/h1-44H,45H2. The molecule has 0 N–H and O–H groups in total. The van der Waals surface area contributed by atoms with Crippen molar-refractivity contribution in [3.8, 4) is 11.5 Å². The molecule has 0 fully saturated rings. The van der Waals surface area contributed by atoms with E-state index in [0.717, 1.165) is 102 Å². The zero-order chi connectivity index (χ0) is 55.6.